The molecule has 4 nitrogen and oxygen atoms in total. The number of aromatic hydroxyl groups is 1. The predicted molar refractivity (Wildman–Crippen MR) is 94.8 cm³/mol. The molecule has 0 aromatic heterocycles. The van der Waals surface area contributed by atoms with E-state index in [0.717, 1.165) is 18.7 Å². The molecule has 0 aliphatic carbocycles. The number of rotatable bonds is 6. The van der Waals surface area contributed by atoms with Gasteiger partial charge in [0, 0.05) is 6.54 Å². The first-order valence-corrected chi connectivity index (χ1v) is 8.56. The fourth-order valence-electron chi connectivity index (χ4n) is 3.26. The highest BCUT2D eigenvalue weighted by molar-refractivity contribution is 5.78. The first-order valence-electron chi connectivity index (χ1n) is 8.56. The van der Waals surface area contributed by atoms with Crippen LogP contribution < -0.4 is 5.32 Å². The Labute approximate surface area is 143 Å². The minimum Gasteiger partial charge on any atom is -0.508 e. The van der Waals surface area contributed by atoms with Crippen molar-refractivity contribution in [2.24, 2.45) is 0 Å². The van der Waals surface area contributed by atoms with Crippen molar-refractivity contribution >= 4 is 5.91 Å². The van der Waals surface area contributed by atoms with E-state index >= 15 is 0 Å². The van der Waals surface area contributed by atoms with Gasteiger partial charge in [0.2, 0.25) is 5.91 Å². The maximum Gasteiger partial charge on any atom is 0.224 e. The van der Waals surface area contributed by atoms with Gasteiger partial charge in [0.25, 0.3) is 0 Å². The molecule has 1 aliphatic heterocycles. The second-order valence-electron chi connectivity index (χ2n) is 6.32. The van der Waals surface area contributed by atoms with Gasteiger partial charge in [-0.1, -0.05) is 42.5 Å². The van der Waals surface area contributed by atoms with Crippen molar-refractivity contribution in [3.05, 3.63) is 65.7 Å². The van der Waals surface area contributed by atoms with Crippen LogP contribution in [0.25, 0.3) is 0 Å². The van der Waals surface area contributed by atoms with E-state index in [1.54, 1.807) is 24.3 Å². The number of hydrogen-bond donors (Lipinski definition) is 2. The molecule has 1 amide bonds. The largest absolute Gasteiger partial charge is 0.508 e. The lowest BCUT2D eigenvalue weighted by molar-refractivity contribution is -0.120. The number of hydrogen-bond acceptors (Lipinski definition) is 3. The highest BCUT2D eigenvalue weighted by atomic mass is 16.3. The number of nitrogens with zero attached hydrogens (tertiary/aromatic N) is 1. The second kappa shape index (κ2) is 7.97. The van der Waals surface area contributed by atoms with Crippen LogP contribution in [-0.2, 0) is 11.2 Å². The summed E-state index contributed by atoms with van der Waals surface area (Å²) in [5.74, 6) is 0.234. The lowest BCUT2D eigenvalue weighted by Gasteiger charge is -2.28. The first-order chi connectivity index (χ1) is 11.7. The summed E-state index contributed by atoms with van der Waals surface area (Å²) in [5, 5.41) is 12.4. The average molecular weight is 324 g/mol. The topological polar surface area (TPSA) is 52.6 Å². The molecule has 0 bridgehead atoms. The third-order valence-electron chi connectivity index (χ3n) is 4.56. The van der Waals surface area contributed by atoms with Crippen molar-refractivity contribution in [2.75, 3.05) is 19.6 Å². The number of phenolic OH excluding ortho intramolecular Hbond substituents is 1. The van der Waals surface area contributed by atoms with Crippen LogP contribution in [0.5, 0.6) is 5.75 Å². The van der Waals surface area contributed by atoms with Crippen molar-refractivity contribution in [3.63, 3.8) is 0 Å². The van der Waals surface area contributed by atoms with Crippen molar-refractivity contribution < 1.29 is 9.90 Å². The maximum absolute atomic E-state index is 12.3. The van der Waals surface area contributed by atoms with E-state index in [0.29, 0.717) is 13.0 Å². The first kappa shape index (κ1) is 16.5. The van der Waals surface area contributed by atoms with Gasteiger partial charge in [-0.2, -0.15) is 0 Å². The van der Waals surface area contributed by atoms with Crippen LogP contribution in [-0.4, -0.2) is 35.5 Å². The van der Waals surface area contributed by atoms with E-state index in [-0.39, 0.29) is 17.7 Å². The van der Waals surface area contributed by atoms with Crippen molar-refractivity contribution in [1.82, 2.24) is 10.2 Å². The fraction of sp³-hybridized carbons (Fsp3) is 0.350. The summed E-state index contributed by atoms with van der Waals surface area (Å²) >= 11 is 0. The molecular weight excluding hydrogens is 300 g/mol. The van der Waals surface area contributed by atoms with Gasteiger partial charge in [-0.05, 0) is 49.2 Å². The highest BCUT2D eigenvalue weighted by Crippen LogP contribution is 2.24. The monoisotopic (exact) mass is 324 g/mol. The summed E-state index contributed by atoms with van der Waals surface area (Å²) in [6, 6.07) is 17.4. The Kier molecular flexibility index (Phi) is 5.49. The molecule has 1 fully saturated rings. The average Bonchev–Trinajstić information content (AvgIpc) is 3.12. The zero-order valence-corrected chi connectivity index (χ0v) is 13.8. The molecule has 0 radical (unpaired) electrons. The summed E-state index contributed by atoms with van der Waals surface area (Å²) in [7, 11) is 0. The van der Waals surface area contributed by atoms with E-state index in [2.05, 4.69) is 34.5 Å². The smallest absolute Gasteiger partial charge is 0.224 e. The summed E-state index contributed by atoms with van der Waals surface area (Å²) < 4.78 is 0. The number of carbonyl (C=O) groups is 1. The van der Waals surface area contributed by atoms with Crippen molar-refractivity contribution in [1.29, 1.82) is 0 Å². The molecular formula is C20H24N2O2. The molecule has 24 heavy (non-hydrogen) atoms. The highest BCUT2D eigenvalue weighted by Gasteiger charge is 2.23. The van der Waals surface area contributed by atoms with Gasteiger partial charge in [-0.15, -0.1) is 0 Å². The number of phenols is 1. The molecule has 2 aromatic rings. The lowest BCUT2D eigenvalue weighted by atomic mass is 10.1. The van der Waals surface area contributed by atoms with Crippen molar-refractivity contribution in [3.8, 4) is 5.75 Å². The number of nitrogens with one attached hydrogen (secondary N) is 1. The summed E-state index contributed by atoms with van der Waals surface area (Å²) in [6.07, 6.45) is 2.79. The molecule has 4 heteroatoms. The van der Waals surface area contributed by atoms with Crippen LogP contribution in [0.1, 0.15) is 30.0 Å². The molecule has 3 rings (SSSR count). The zero-order valence-electron chi connectivity index (χ0n) is 13.8. The molecule has 126 valence electrons. The summed E-state index contributed by atoms with van der Waals surface area (Å²) in [6.45, 7) is 2.81. The molecule has 0 saturated carbocycles. The minimum absolute atomic E-state index is 0.0146. The normalized spacial score (nSPS) is 16.0. The van der Waals surface area contributed by atoms with E-state index in [4.69, 9.17) is 0 Å². The van der Waals surface area contributed by atoms with Crippen LogP contribution in [0.3, 0.4) is 0 Å². The quantitative estimate of drug-likeness (QED) is 0.859. The van der Waals surface area contributed by atoms with Crippen LogP contribution >= 0.6 is 0 Å². The zero-order chi connectivity index (χ0) is 16.8. The van der Waals surface area contributed by atoms with Crippen LogP contribution in [0, 0.1) is 0 Å². The molecule has 1 atom stereocenters. The molecule has 2 aromatic carbocycles. The molecule has 1 unspecified atom stereocenters. The Hall–Kier alpha value is -2.33. The third kappa shape index (κ3) is 4.36. The minimum atomic E-state index is 0.0146. The van der Waals surface area contributed by atoms with Crippen LogP contribution in [0.4, 0.5) is 0 Å². The molecule has 1 aliphatic rings. The van der Waals surface area contributed by atoms with Gasteiger partial charge in [0.05, 0.1) is 12.5 Å². The van der Waals surface area contributed by atoms with E-state index in [9.17, 15) is 9.90 Å². The molecule has 0 spiro atoms. The number of benzene rings is 2. The van der Waals surface area contributed by atoms with E-state index in [1.807, 2.05) is 6.07 Å². The van der Waals surface area contributed by atoms with E-state index in [1.165, 1.54) is 18.4 Å². The van der Waals surface area contributed by atoms with Gasteiger partial charge in [-0.3, -0.25) is 9.69 Å². The van der Waals surface area contributed by atoms with E-state index < -0.39 is 0 Å². The second-order valence-corrected chi connectivity index (χ2v) is 6.32. The molecule has 1 saturated heterocycles. The Morgan fingerprint density at radius 3 is 2.38 bits per heavy atom. The van der Waals surface area contributed by atoms with Gasteiger partial charge in [0.15, 0.2) is 0 Å². The fourth-order valence-corrected chi connectivity index (χ4v) is 3.26. The molecule has 1 heterocycles. The van der Waals surface area contributed by atoms with Crippen molar-refractivity contribution in [2.45, 2.75) is 25.3 Å². The van der Waals surface area contributed by atoms with Crippen LogP contribution in [0.15, 0.2) is 54.6 Å². The van der Waals surface area contributed by atoms with Gasteiger partial charge in [-0.25, -0.2) is 0 Å². The Bertz CT molecular complexity index is 649. The third-order valence-corrected chi connectivity index (χ3v) is 4.56. The Balaban J connectivity index is 1.60. The van der Waals surface area contributed by atoms with Gasteiger partial charge in [0.1, 0.15) is 5.75 Å². The predicted octanol–water partition coefficient (Wildman–Crippen LogP) is 2.89. The lowest BCUT2D eigenvalue weighted by Crippen LogP contribution is -2.37. The molecule has 2 N–H and O–H groups in total. The Morgan fingerprint density at radius 1 is 1.04 bits per heavy atom. The SMILES string of the molecule is O=C(Cc1ccc(O)cc1)NCC(c1ccccc1)N1CCCC1. The number of amides is 1. The summed E-state index contributed by atoms with van der Waals surface area (Å²) in [5.41, 5.74) is 2.16. The number of likely N-dealkylation sites (tertiary alicyclic amines) is 1. The number of carbonyl (C=O) groups excluding carboxylic acids is 1. The van der Waals surface area contributed by atoms with Gasteiger partial charge < -0.3 is 10.4 Å². The van der Waals surface area contributed by atoms with Gasteiger partial charge >= 0.3 is 0 Å². The Morgan fingerprint density at radius 2 is 1.71 bits per heavy atom. The maximum atomic E-state index is 12.3. The standard InChI is InChI=1S/C20H24N2O2/c23-18-10-8-16(9-11-18)14-20(24)21-15-19(22-12-4-5-13-22)17-6-2-1-3-7-17/h1-3,6-11,19,23H,4-5,12-15H2,(H,21,24). The summed E-state index contributed by atoms with van der Waals surface area (Å²) in [4.78, 5) is 14.7. The van der Waals surface area contributed by atoms with Crippen LogP contribution in [0.2, 0.25) is 0 Å².